The fourth-order valence-electron chi connectivity index (χ4n) is 1.55. The van der Waals surface area contributed by atoms with Crippen LogP contribution < -0.4 is 4.74 Å². The van der Waals surface area contributed by atoms with Crippen LogP contribution in [0.15, 0.2) is 40.9 Å². The molecule has 2 aromatic carbocycles. The molecule has 0 aliphatic heterocycles. The van der Waals surface area contributed by atoms with Crippen LogP contribution in [0.2, 0.25) is 5.02 Å². The lowest BCUT2D eigenvalue weighted by molar-refractivity contribution is -0.385. The smallest absolute Gasteiger partial charge is 0.312 e. The average Bonchev–Trinajstić information content (AvgIpc) is 2.42. The molecular formula is C13H8BrCl2NO3. The molecule has 0 N–H and O–H groups in total. The number of hydrogen-bond donors (Lipinski definition) is 0. The SMILES string of the molecule is O=[N+]([O-])c1cc(Br)ccc1Oc1ccc(CCl)cc1Cl. The molecule has 0 saturated heterocycles. The van der Waals surface area contributed by atoms with Crippen molar-refractivity contribution in [2.24, 2.45) is 0 Å². The largest absolute Gasteiger partial charge is 0.449 e. The molecule has 2 rings (SSSR count). The summed E-state index contributed by atoms with van der Waals surface area (Å²) in [6.07, 6.45) is 0. The van der Waals surface area contributed by atoms with Crippen LogP contribution in [-0.2, 0) is 5.88 Å². The highest BCUT2D eigenvalue weighted by Crippen LogP contribution is 2.36. The molecule has 0 aromatic heterocycles. The summed E-state index contributed by atoms with van der Waals surface area (Å²) in [5.74, 6) is 0.794. The number of nitro benzene ring substituents is 1. The fourth-order valence-corrected chi connectivity index (χ4v) is 2.31. The number of ether oxygens (including phenoxy) is 1. The van der Waals surface area contributed by atoms with Crippen LogP contribution in [0.3, 0.4) is 0 Å². The Morgan fingerprint density at radius 3 is 2.50 bits per heavy atom. The molecule has 0 unspecified atom stereocenters. The van der Waals surface area contributed by atoms with Gasteiger partial charge in [-0.05, 0) is 29.8 Å². The number of nitrogens with zero attached hydrogens (tertiary/aromatic N) is 1. The van der Waals surface area contributed by atoms with Crippen LogP contribution in [0, 0.1) is 10.1 Å². The normalized spacial score (nSPS) is 10.3. The number of hydrogen-bond acceptors (Lipinski definition) is 3. The summed E-state index contributed by atoms with van der Waals surface area (Å²) in [6, 6.07) is 9.58. The van der Waals surface area contributed by atoms with Crippen molar-refractivity contribution >= 4 is 44.8 Å². The Hall–Kier alpha value is -1.30. The monoisotopic (exact) mass is 375 g/mol. The van der Waals surface area contributed by atoms with E-state index in [1.165, 1.54) is 12.1 Å². The zero-order chi connectivity index (χ0) is 14.7. The second-order valence-corrected chi connectivity index (χ2v) is 5.46. The Kier molecular flexibility index (Phi) is 4.86. The van der Waals surface area contributed by atoms with E-state index >= 15 is 0 Å². The van der Waals surface area contributed by atoms with Gasteiger partial charge in [0.25, 0.3) is 0 Å². The molecule has 7 heteroatoms. The lowest BCUT2D eigenvalue weighted by atomic mass is 10.2. The minimum atomic E-state index is -0.513. The molecular weight excluding hydrogens is 369 g/mol. The van der Waals surface area contributed by atoms with Crippen molar-refractivity contribution in [3.05, 3.63) is 61.6 Å². The molecule has 0 amide bonds. The van der Waals surface area contributed by atoms with Crippen molar-refractivity contribution < 1.29 is 9.66 Å². The lowest BCUT2D eigenvalue weighted by Crippen LogP contribution is -1.94. The minimum absolute atomic E-state index is 0.124. The molecule has 0 saturated carbocycles. The highest BCUT2D eigenvalue weighted by molar-refractivity contribution is 9.10. The highest BCUT2D eigenvalue weighted by atomic mass is 79.9. The van der Waals surface area contributed by atoms with Gasteiger partial charge in [0.2, 0.25) is 5.75 Å². The van der Waals surface area contributed by atoms with Crippen LogP contribution in [-0.4, -0.2) is 4.92 Å². The fraction of sp³-hybridized carbons (Fsp3) is 0.0769. The third kappa shape index (κ3) is 3.42. The Balaban J connectivity index is 2.37. The molecule has 0 spiro atoms. The number of alkyl halides is 1. The van der Waals surface area contributed by atoms with E-state index in [-0.39, 0.29) is 11.4 Å². The summed E-state index contributed by atoms with van der Waals surface area (Å²) in [5, 5.41) is 11.4. The maximum atomic E-state index is 11.0. The quantitative estimate of drug-likeness (QED) is 0.399. The van der Waals surface area contributed by atoms with E-state index in [1.54, 1.807) is 24.3 Å². The Bertz CT molecular complexity index is 664. The van der Waals surface area contributed by atoms with Gasteiger partial charge in [0, 0.05) is 16.4 Å². The van der Waals surface area contributed by atoms with Crippen LogP contribution in [0.1, 0.15) is 5.56 Å². The molecule has 0 aliphatic carbocycles. The number of nitro groups is 1. The van der Waals surface area contributed by atoms with Gasteiger partial charge in [-0.3, -0.25) is 10.1 Å². The summed E-state index contributed by atoms with van der Waals surface area (Å²) in [5.41, 5.74) is 0.700. The van der Waals surface area contributed by atoms with Crippen molar-refractivity contribution in [3.8, 4) is 11.5 Å². The number of rotatable bonds is 4. The molecule has 0 bridgehead atoms. The van der Waals surface area contributed by atoms with Gasteiger partial charge in [-0.1, -0.05) is 33.6 Å². The summed E-state index contributed by atoms with van der Waals surface area (Å²) in [7, 11) is 0. The van der Waals surface area contributed by atoms with Gasteiger partial charge in [0.15, 0.2) is 0 Å². The Labute approximate surface area is 133 Å². The topological polar surface area (TPSA) is 52.4 Å². The average molecular weight is 377 g/mol. The standard InChI is InChI=1S/C13H8BrCl2NO3/c14-9-2-4-13(11(6-9)17(18)19)20-12-3-1-8(7-15)5-10(12)16/h1-6H,7H2. The van der Waals surface area contributed by atoms with Crippen LogP contribution in [0.25, 0.3) is 0 Å². The molecule has 0 fully saturated rings. The van der Waals surface area contributed by atoms with E-state index < -0.39 is 4.92 Å². The van der Waals surface area contributed by atoms with Gasteiger partial charge in [-0.2, -0.15) is 0 Å². The Morgan fingerprint density at radius 1 is 1.20 bits per heavy atom. The maximum Gasteiger partial charge on any atom is 0.312 e. The number of halogens is 3. The molecule has 0 aliphatic rings. The maximum absolute atomic E-state index is 11.0. The molecule has 0 atom stereocenters. The van der Waals surface area contributed by atoms with Gasteiger partial charge in [-0.25, -0.2) is 0 Å². The Morgan fingerprint density at radius 2 is 1.90 bits per heavy atom. The molecule has 104 valence electrons. The summed E-state index contributed by atoms with van der Waals surface area (Å²) >= 11 is 14.9. The van der Waals surface area contributed by atoms with Crippen LogP contribution in [0.4, 0.5) is 5.69 Å². The van der Waals surface area contributed by atoms with Crippen molar-refractivity contribution in [3.63, 3.8) is 0 Å². The summed E-state index contributed by atoms with van der Waals surface area (Å²) in [6.45, 7) is 0. The molecule has 4 nitrogen and oxygen atoms in total. The van der Waals surface area contributed by atoms with E-state index in [9.17, 15) is 10.1 Å². The second kappa shape index (κ2) is 6.43. The highest BCUT2D eigenvalue weighted by Gasteiger charge is 2.17. The van der Waals surface area contributed by atoms with E-state index in [0.29, 0.717) is 21.1 Å². The van der Waals surface area contributed by atoms with Crippen LogP contribution in [0.5, 0.6) is 11.5 Å². The van der Waals surface area contributed by atoms with Crippen LogP contribution >= 0.6 is 39.1 Å². The van der Waals surface area contributed by atoms with Gasteiger partial charge in [0.1, 0.15) is 5.75 Å². The second-order valence-electron chi connectivity index (χ2n) is 3.87. The first-order chi connectivity index (χ1) is 9.51. The van der Waals surface area contributed by atoms with Gasteiger partial charge >= 0.3 is 5.69 Å². The molecule has 0 radical (unpaired) electrons. The number of benzene rings is 2. The van der Waals surface area contributed by atoms with Crippen molar-refractivity contribution in [2.75, 3.05) is 0 Å². The van der Waals surface area contributed by atoms with Gasteiger partial charge in [-0.15, -0.1) is 11.6 Å². The lowest BCUT2D eigenvalue weighted by Gasteiger charge is -2.09. The molecule has 20 heavy (non-hydrogen) atoms. The first-order valence-electron chi connectivity index (χ1n) is 5.47. The van der Waals surface area contributed by atoms with Gasteiger partial charge < -0.3 is 4.74 Å². The van der Waals surface area contributed by atoms with Crippen molar-refractivity contribution in [1.82, 2.24) is 0 Å². The first-order valence-corrected chi connectivity index (χ1v) is 7.18. The molecule has 0 heterocycles. The van der Waals surface area contributed by atoms with E-state index in [1.807, 2.05) is 0 Å². The summed E-state index contributed by atoms with van der Waals surface area (Å²) < 4.78 is 6.12. The predicted molar refractivity (Wildman–Crippen MR) is 81.9 cm³/mol. The first kappa shape index (κ1) is 15.1. The zero-order valence-electron chi connectivity index (χ0n) is 9.98. The minimum Gasteiger partial charge on any atom is -0.449 e. The third-order valence-corrected chi connectivity index (χ3v) is 3.59. The molecule has 2 aromatic rings. The van der Waals surface area contributed by atoms with E-state index in [2.05, 4.69) is 15.9 Å². The zero-order valence-corrected chi connectivity index (χ0v) is 13.1. The van der Waals surface area contributed by atoms with Gasteiger partial charge in [0.05, 0.1) is 9.95 Å². The third-order valence-electron chi connectivity index (χ3n) is 2.49. The van der Waals surface area contributed by atoms with Crippen molar-refractivity contribution in [2.45, 2.75) is 5.88 Å². The summed E-state index contributed by atoms with van der Waals surface area (Å²) in [4.78, 5) is 10.5. The van der Waals surface area contributed by atoms with E-state index in [0.717, 1.165) is 5.56 Å². The predicted octanol–water partition coefficient (Wildman–Crippen LogP) is 5.54. The van der Waals surface area contributed by atoms with Crippen molar-refractivity contribution in [1.29, 1.82) is 0 Å². The van der Waals surface area contributed by atoms with E-state index in [4.69, 9.17) is 27.9 Å².